The molecule has 3 fully saturated rings. The van der Waals surface area contributed by atoms with Gasteiger partial charge in [-0.25, -0.2) is 8.42 Å². The zero-order chi connectivity index (χ0) is 19.5. The van der Waals surface area contributed by atoms with Crippen LogP contribution in [0.15, 0.2) is 35.4 Å². The molecule has 1 aromatic heterocycles. The Balaban J connectivity index is 1.38. The summed E-state index contributed by atoms with van der Waals surface area (Å²) < 4.78 is 28.2. The van der Waals surface area contributed by atoms with E-state index in [-0.39, 0.29) is 40.4 Å². The Bertz CT molecular complexity index is 973. The monoisotopic (exact) mass is 404 g/mol. The minimum absolute atomic E-state index is 0.0919. The highest BCUT2D eigenvalue weighted by atomic mass is 32.2. The summed E-state index contributed by atoms with van der Waals surface area (Å²) in [7, 11) is -3.63. The number of hydrogen-bond acceptors (Lipinski definition) is 7. The molecule has 1 amide bonds. The maximum absolute atomic E-state index is 13.3. The number of anilines is 1. The van der Waals surface area contributed by atoms with Crippen molar-refractivity contribution in [1.29, 1.82) is 0 Å². The second-order valence-electron chi connectivity index (χ2n) is 7.58. The molecule has 3 aliphatic heterocycles. The lowest BCUT2D eigenvalue weighted by Gasteiger charge is -2.26. The molecule has 4 atom stereocenters. The smallest absolute Gasteiger partial charge is 0.276 e. The van der Waals surface area contributed by atoms with Gasteiger partial charge in [0.05, 0.1) is 16.8 Å². The average Bonchev–Trinajstić information content (AvgIpc) is 3.48. The third-order valence-corrected chi connectivity index (χ3v) is 8.26. The molecule has 2 aromatic rings. The zero-order valence-corrected chi connectivity index (χ0v) is 15.7. The van der Waals surface area contributed by atoms with E-state index in [1.807, 2.05) is 5.48 Å². The molecule has 5 rings (SSSR count). The minimum atomic E-state index is -3.63. The van der Waals surface area contributed by atoms with E-state index in [0.29, 0.717) is 18.8 Å². The molecule has 3 saturated heterocycles. The Morgan fingerprint density at radius 3 is 2.32 bits per heavy atom. The fraction of sp³-hybridized carbons (Fsp3) is 0.471. The quantitative estimate of drug-likeness (QED) is 0.633. The summed E-state index contributed by atoms with van der Waals surface area (Å²) in [6.45, 7) is 1.08. The van der Waals surface area contributed by atoms with Gasteiger partial charge in [0.25, 0.3) is 5.91 Å². The molecule has 3 aliphatic rings. The van der Waals surface area contributed by atoms with Crippen LogP contribution in [0.2, 0.25) is 0 Å². The van der Waals surface area contributed by atoms with Crippen LogP contribution in [0.25, 0.3) is 0 Å². The standard InChI is InChI=1S/C17H20N6O4S/c24-17(14-7-18-21-19-14)22-8-12-13(9-22)16-6-5-15(12)23(16)28(26,27)11-3-1-10(20-25)2-4-11/h1-4,7,12-13,15-16,20,25H,5-6,8-9H2,(H,18,19,21)/t12-,13+,15+,16-. The fourth-order valence-electron chi connectivity index (χ4n) is 5.13. The lowest BCUT2D eigenvalue weighted by molar-refractivity contribution is 0.0767. The Morgan fingerprint density at radius 1 is 1.14 bits per heavy atom. The van der Waals surface area contributed by atoms with Gasteiger partial charge in [0, 0.05) is 25.2 Å². The van der Waals surface area contributed by atoms with E-state index in [2.05, 4.69) is 15.4 Å². The number of rotatable bonds is 4. The molecule has 28 heavy (non-hydrogen) atoms. The second kappa shape index (κ2) is 6.26. The predicted molar refractivity (Wildman–Crippen MR) is 97.0 cm³/mol. The lowest BCUT2D eigenvalue weighted by Crippen LogP contribution is -2.41. The summed E-state index contributed by atoms with van der Waals surface area (Å²) in [4.78, 5) is 14.6. The SMILES string of the molecule is O=C(c1cn[nH]n1)N1C[C@@H]2[C@H](C1)[C@H]1CC[C@@H]2N1S(=O)(=O)c1ccc(NO)cc1. The molecule has 10 nitrogen and oxygen atoms in total. The highest BCUT2D eigenvalue weighted by molar-refractivity contribution is 7.89. The number of nitrogens with one attached hydrogen (secondary N) is 2. The lowest BCUT2D eigenvalue weighted by atomic mass is 9.82. The number of carbonyl (C=O) groups excluding carboxylic acids is 1. The molecular weight excluding hydrogens is 384 g/mol. The van der Waals surface area contributed by atoms with Gasteiger partial charge in [0.1, 0.15) is 0 Å². The molecule has 148 valence electrons. The fourth-order valence-corrected chi connectivity index (χ4v) is 7.09. The van der Waals surface area contributed by atoms with E-state index in [0.717, 1.165) is 12.8 Å². The molecule has 0 unspecified atom stereocenters. The van der Waals surface area contributed by atoms with Crippen LogP contribution in [-0.2, 0) is 10.0 Å². The molecule has 4 heterocycles. The summed E-state index contributed by atoms with van der Waals surface area (Å²) in [6.07, 6.45) is 3.04. The molecule has 0 spiro atoms. The van der Waals surface area contributed by atoms with Crippen LogP contribution in [0.4, 0.5) is 5.69 Å². The average molecular weight is 404 g/mol. The molecule has 2 bridgehead atoms. The summed E-state index contributed by atoms with van der Waals surface area (Å²) in [6, 6.07) is 5.88. The van der Waals surface area contributed by atoms with Crippen LogP contribution in [0, 0.1) is 11.8 Å². The Hall–Kier alpha value is -2.50. The van der Waals surface area contributed by atoms with Gasteiger partial charge >= 0.3 is 0 Å². The molecular formula is C17H20N6O4S. The van der Waals surface area contributed by atoms with Crippen LogP contribution >= 0.6 is 0 Å². The van der Waals surface area contributed by atoms with Gasteiger partial charge in [-0.2, -0.15) is 19.7 Å². The highest BCUT2D eigenvalue weighted by Crippen LogP contribution is 2.51. The topological polar surface area (TPSA) is 132 Å². The van der Waals surface area contributed by atoms with Gasteiger partial charge in [0.15, 0.2) is 5.69 Å². The van der Waals surface area contributed by atoms with Crippen molar-refractivity contribution in [2.45, 2.75) is 29.8 Å². The van der Waals surface area contributed by atoms with E-state index in [4.69, 9.17) is 5.21 Å². The van der Waals surface area contributed by atoms with Crippen LogP contribution in [0.5, 0.6) is 0 Å². The predicted octanol–water partition coefficient (Wildman–Crippen LogP) is 0.529. The summed E-state index contributed by atoms with van der Waals surface area (Å²) in [5.74, 6) is 0.120. The Morgan fingerprint density at radius 2 is 1.79 bits per heavy atom. The van der Waals surface area contributed by atoms with E-state index in [1.165, 1.54) is 30.5 Å². The number of H-pyrrole nitrogens is 1. The normalized spacial score (nSPS) is 29.2. The van der Waals surface area contributed by atoms with E-state index in [9.17, 15) is 13.2 Å². The first-order chi connectivity index (χ1) is 13.5. The van der Waals surface area contributed by atoms with Crippen molar-refractivity contribution in [1.82, 2.24) is 24.6 Å². The van der Waals surface area contributed by atoms with E-state index >= 15 is 0 Å². The van der Waals surface area contributed by atoms with Gasteiger partial charge < -0.3 is 4.90 Å². The van der Waals surface area contributed by atoms with Gasteiger partial charge in [-0.3, -0.25) is 15.5 Å². The Labute approximate surface area is 161 Å². The first-order valence-corrected chi connectivity index (χ1v) is 10.6. The third-order valence-electron chi connectivity index (χ3n) is 6.29. The number of sulfonamides is 1. The first-order valence-electron chi connectivity index (χ1n) is 9.19. The molecule has 0 radical (unpaired) electrons. The van der Waals surface area contributed by atoms with Crippen molar-refractivity contribution >= 4 is 21.6 Å². The van der Waals surface area contributed by atoms with Crippen molar-refractivity contribution in [2.75, 3.05) is 18.6 Å². The number of amides is 1. The van der Waals surface area contributed by atoms with Gasteiger partial charge in [-0.1, -0.05) is 0 Å². The third kappa shape index (κ3) is 2.46. The largest absolute Gasteiger partial charge is 0.336 e. The van der Waals surface area contributed by atoms with Gasteiger partial charge in [0.2, 0.25) is 10.0 Å². The molecule has 0 aliphatic carbocycles. The summed E-state index contributed by atoms with van der Waals surface area (Å²) >= 11 is 0. The molecule has 0 saturated carbocycles. The van der Waals surface area contributed by atoms with Crippen LogP contribution in [0.1, 0.15) is 23.3 Å². The van der Waals surface area contributed by atoms with E-state index < -0.39 is 10.0 Å². The van der Waals surface area contributed by atoms with Crippen LogP contribution in [0.3, 0.4) is 0 Å². The van der Waals surface area contributed by atoms with Crippen molar-refractivity contribution < 1.29 is 18.4 Å². The molecule has 1 aromatic carbocycles. The number of likely N-dealkylation sites (tertiary alicyclic amines) is 1. The number of nitrogens with zero attached hydrogens (tertiary/aromatic N) is 4. The summed E-state index contributed by atoms with van der Waals surface area (Å²) in [5.41, 5.74) is 2.73. The van der Waals surface area contributed by atoms with Crippen molar-refractivity contribution in [3.05, 3.63) is 36.2 Å². The van der Waals surface area contributed by atoms with Crippen LogP contribution in [-0.4, -0.2) is 69.3 Å². The maximum atomic E-state index is 13.3. The van der Waals surface area contributed by atoms with Crippen molar-refractivity contribution in [2.24, 2.45) is 11.8 Å². The van der Waals surface area contributed by atoms with Crippen molar-refractivity contribution in [3.63, 3.8) is 0 Å². The first kappa shape index (κ1) is 17.6. The molecule has 3 N–H and O–H groups in total. The highest BCUT2D eigenvalue weighted by Gasteiger charge is 2.60. The number of benzene rings is 1. The van der Waals surface area contributed by atoms with Gasteiger partial charge in [-0.05, 0) is 48.9 Å². The molecule has 11 heteroatoms. The minimum Gasteiger partial charge on any atom is -0.336 e. The number of fused-ring (bicyclic) bond motifs is 5. The number of aromatic amines is 1. The van der Waals surface area contributed by atoms with Crippen LogP contribution < -0.4 is 5.48 Å². The maximum Gasteiger partial charge on any atom is 0.276 e. The number of carbonyl (C=O) groups is 1. The number of hydrogen-bond donors (Lipinski definition) is 3. The zero-order valence-electron chi connectivity index (χ0n) is 14.9. The van der Waals surface area contributed by atoms with Crippen molar-refractivity contribution in [3.8, 4) is 0 Å². The summed E-state index contributed by atoms with van der Waals surface area (Å²) in [5, 5.41) is 18.9. The Kier molecular flexibility index (Phi) is 3.93. The van der Waals surface area contributed by atoms with Gasteiger partial charge in [-0.15, -0.1) is 0 Å². The van der Waals surface area contributed by atoms with E-state index in [1.54, 1.807) is 9.21 Å². The number of aromatic nitrogens is 3. The second-order valence-corrected chi connectivity index (χ2v) is 9.42.